The highest BCUT2D eigenvalue weighted by atomic mass is 35.5. The van der Waals surface area contributed by atoms with E-state index in [1.165, 1.54) is 17.3 Å². The van der Waals surface area contributed by atoms with Crippen LogP contribution in [0.15, 0.2) is 24.3 Å². The predicted molar refractivity (Wildman–Crippen MR) is 92.0 cm³/mol. The number of hydrogen-bond donors (Lipinski definition) is 1. The van der Waals surface area contributed by atoms with E-state index in [2.05, 4.69) is 10.2 Å². The number of aryl methyl sites for hydroxylation is 1. The SMILES string of the molecule is CN1CCCc2cc(NC(=O)c3cc([N+](=O)[O-])c(Cl)s3)ccc21. The molecule has 2 aromatic rings. The zero-order valence-electron chi connectivity index (χ0n) is 12.3. The van der Waals surface area contributed by atoms with Crippen molar-refractivity contribution < 1.29 is 9.72 Å². The zero-order chi connectivity index (χ0) is 16.6. The van der Waals surface area contributed by atoms with Crippen LogP contribution in [0.25, 0.3) is 0 Å². The Bertz CT molecular complexity index is 790. The maximum Gasteiger partial charge on any atom is 0.299 e. The fraction of sp³-hybridized carbons (Fsp3) is 0.267. The van der Waals surface area contributed by atoms with Gasteiger partial charge in [0.2, 0.25) is 0 Å². The maximum absolute atomic E-state index is 12.2. The molecule has 8 heteroatoms. The first kappa shape index (κ1) is 15.8. The lowest BCUT2D eigenvalue weighted by Crippen LogP contribution is -2.24. The second kappa shape index (κ2) is 6.17. The normalized spacial score (nSPS) is 13.6. The molecular formula is C15H14ClN3O3S. The fourth-order valence-electron chi connectivity index (χ4n) is 2.65. The molecule has 1 aliphatic heterocycles. The van der Waals surface area contributed by atoms with E-state index in [1.807, 2.05) is 25.2 Å². The van der Waals surface area contributed by atoms with Crippen molar-refractivity contribution in [1.29, 1.82) is 0 Å². The molecule has 1 N–H and O–H groups in total. The van der Waals surface area contributed by atoms with Crippen LogP contribution in [0.3, 0.4) is 0 Å². The molecular weight excluding hydrogens is 338 g/mol. The van der Waals surface area contributed by atoms with Gasteiger partial charge in [-0.3, -0.25) is 14.9 Å². The van der Waals surface area contributed by atoms with Crippen molar-refractivity contribution in [3.63, 3.8) is 0 Å². The van der Waals surface area contributed by atoms with Crippen molar-refractivity contribution in [1.82, 2.24) is 0 Å². The molecule has 1 aromatic heterocycles. The van der Waals surface area contributed by atoms with Crippen molar-refractivity contribution in [3.05, 3.63) is 49.2 Å². The number of nitrogens with one attached hydrogen (secondary N) is 1. The second-order valence-electron chi connectivity index (χ2n) is 5.35. The predicted octanol–water partition coefficient (Wildman–Crippen LogP) is 3.94. The van der Waals surface area contributed by atoms with Crippen LogP contribution in [0.1, 0.15) is 21.7 Å². The molecule has 0 unspecified atom stereocenters. The van der Waals surface area contributed by atoms with Crippen molar-refractivity contribution in [2.75, 3.05) is 23.8 Å². The summed E-state index contributed by atoms with van der Waals surface area (Å²) in [7, 11) is 2.04. The van der Waals surface area contributed by atoms with Crippen molar-refractivity contribution in [3.8, 4) is 0 Å². The van der Waals surface area contributed by atoms with Gasteiger partial charge in [-0.05, 0) is 36.6 Å². The molecule has 0 saturated heterocycles. The molecule has 0 radical (unpaired) electrons. The standard InChI is InChI=1S/C15H14ClN3O3S/c1-18-6-2-3-9-7-10(4-5-11(9)18)17-15(20)13-8-12(19(21)22)14(16)23-13/h4-5,7-8H,2-3,6H2,1H3,(H,17,20). The summed E-state index contributed by atoms with van der Waals surface area (Å²) >= 11 is 6.69. The van der Waals surface area contributed by atoms with Gasteiger partial charge in [-0.15, -0.1) is 11.3 Å². The molecule has 23 heavy (non-hydrogen) atoms. The van der Waals surface area contributed by atoms with Gasteiger partial charge in [-0.25, -0.2) is 0 Å². The molecule has 0 saturated carbocycles. The minimum absolute atomic E-state index is 0.00668. The van der Waals surface area contributed by atoms with Gasteiger partial charge in [-0.2, -0.15) is 0 Å². The average molecular weight is 352 g/mol. The van der Waals surface area contributed by atoms with Crippen LogP contribution < -0.4 is 10.2 Å². The van der Waals surface area contributed by atoms with E-state index in [0.29, 0.717) is 5.69 Å². The third kappa shape index (κ3) is 3.16. The number of nitrogens with zero attached hydrogens (tertiary/aromatic N) is 2. The van der Waals surface area contributed by atoms with E-state index in [-0.39, 0.29) is 14.9 Å². The largest absolute Gasteiger partial charge is 0.374 e. The summed E-state index contributed by atoms with van der Waals surface area (Å²) in [6.45, 7) is 1.02. The average Bonchev–Trinajstić information content (AvgIpc) is 2.90. The van der Waals surface area contributed by atoms with Gasteiger partial charge in [0.15, 0.2) is 4.34 Å². The molecule has 0 fully saturated rings. The zero-order valence-corrected chi connectivity index (χ0v) is 13.9. The molecule has 1 aromatic carbocycles. The van der Waals surface area contributed by atoms with Gasteiger partial charge in [-0.1, -0.05) is 11.6 Å². The fourth-order valence-corrected chi connectivity index (χ4v) is 3.77. The Balaban J connectivity index is 1.80. The van der Waals surface area contributed by atoms with Gasteiger partial charge in [0.25, 0.3) is 11.6 Å². The summed E-state index contributed by atoms with van der Waals surface area (Å²) < 4.78 is 0.00668. The van der Waals surface area contributed by atoms with Crippen LogP contribution in [-0.2, 0) is 6.42 Å². The number of anilines is 2. The summed E-state index contributed by atoms with van der Waals surface area (Å²) in [5, 5.41) is 13.6. The Morgan fingerprint density at radius 2 is 2.22 bits per heavy atom. The summed E-state index contributed by atoms with van der Waals surface area (Å²) in [4.78, 5) is 24.9. The van der Waals surface area contributed by atoms with Crippen LogP contribution in [0.2, 0.25) is 4.34 Å². The minimum atomic E-state index is -0.593. The van der Waals surface area contributed by atoms with E-state index >= 15 is 0 Å². The van der Waals surface area contributed by atoms with Crippen LogP contribution in [0, 0.1) is 10.1 Å². The summed E-state index contributed by atoms with van der Waals surface area (Å²) in [6.07, 6.45) is 2.05. The molecule has 0 atom stereocenters. The smallest absolute Gasteiger partial charge is 0.299 e. The Labute approximate surface area is 141 Å². The number of hydrogen-bond acceptors (Lipinski definition) is 5. The first-order valence-corrected chi connectivity index (χ1v) is 8.24. The molecule has 120 valence electrons. The van der Waals surface area contributed by atoms with E-state index in [4.69, 9.17) is 11.6 Å². The van der Waals surface area contributed by atoms with E-state index in [9.17, 15) is 14.9 Å². The Hall–Kier alpha value is -2.12. The molecule has 3 rings (SSSR count). The van der Waals surface area contributed by atoms with Gasteiger partial charge < -0.3 is 10.2 Å². The lowest BCUT2D eigenvalue weighted by atomic mass is 10.0. The Morgan fingerprint density at radius 3 is 2.91 bits per heavy atom. The van der Waals surface area contributed by atoms with Crippen molar-refractivity contribution in [2.24, 2.45) is 0 Å². The van der Waals surface area contributed by atoms with Gasteiger partial charge in [0, 0.05) is 31.0 Å². The first-order valence-electron chi connectivity index (χ1n) is 7.05. The number of benzene rings is 1. The third-order valence-electron chi connectivity index (χ3n) is 3.78. The summed E-state index contributed by atoms with van der Waals surface area (Å²) in [5.74, 6) is -0.394. The van der Waals surface area contributed by atoms with Crippen molar-refractivity contribution in [2.45, 2.75) is 12.8 Å². The quantitative estimate of drug-likeness (QED) is 0.671. The molecule has 0 bridgehead atoms. The van der Waals surface area contributed by atoms with Crippen LogP contribution in [-0.4, -0.2) is 24.4 Å². The van der Waals surface area contributed by atoms with Gasteiger partial charge in [0.1, 0.15) is 4.88 Å². The highest BCUT2D eigenvalue weighted by Gasteiger charge is 2.21. The molecule has 0 spiro atoms. The van der Waals surface area contributed by atoms with Crippen molar-refractivity contribution >= 4 is 45.9 Å². The number of rotatable bonds is 3. The minimum Gasteiger partial charge on any atom is -0.374 e. The molecule has 6 nitrogen and oxygen atoms in total. The number of amides is 1. The molecule has 1 aliphatic rings. The van der Waals surface area contributed by atoms with Gasteiger partial charge in [0.05, 0.1) is 4.92 Å². The number of fused-ring (bicyclic) bond motifs is 1. The molecule has 1 amide bonds. The van der Waals surface area contributed by atoms with E-state index in [1.54, 1.807) is 0 Å². The number of carbonyl (C=O) groups excluding carboxylic acids is 1. The Kier molecular flexibility index (Phi) is 4.23. The van der Waals surface area contributed by atoms with Gasteiger partial charge >= 0.3 is 0 Å². The monoisotopic (exact) mass is 351 g/mol. The highest BCUT2D eigenvalue weighted by Crippen LogP contribution is 2.34. The number of thiophene rings is 1. The highest BCUT2D eigenvalue weighted by molar-refractivity contribution is 7.18. The third-order valence-corrected chi connectivity index (χ3v) is 5.11. The van der Waals surface area contributed by atoms with Crippen LogP contribution >= 0.6 is 22.9 Å². The topological polar surface area (TPSA) is 75.5 Å². The van der Waals surface area contributed by atoms with Crippen LogP contribution in [0.4, 0.5) is 17.1 Å². The van der Waals surface area contributed by atoms with E-state index in [0.717, 1.165) is 30.7 Å². The summed E-state index contributed by atoms with van der Waals surface area (Å²) in [6, 6.07) is 6.97. The number of halogens is 1. The maximum atomic E-state index is 12.2. The lowest BCUT2D eigenvalue weighted by molar-refractivity contribution is -0.384. The Morgan fingerprint density at radius 1 is 1.43 bits per heavy atom. The van der Waals surface area contributed by atoms with E-state index < -0.39 is 10.8 Å². The number of nitro groups is 1. The molecule has 2 heterocycles. The lowest BCUT2D eigenvalue weighted by Gasteiger charge is -2.27. The number of carbonyl (C=O) groups is 1. The summed E-state index contributed by atoms with van der Waals surface area (Å²) in [5.41, 5.74) is 2.79. The second-order valence-corrected chi connectivity index (χ2v) is 7.00. The first-order chi connectivity index (χ1) is 11.0. The van der Waals surface area contributed by atoms with Crippen LogP contribution in [0.5, 0.6) is 0 Å². The molecule has 0 aliphatic carbocycles.